The van der Waals surface area contributed by atoms with Crippen LogP contribution in [-0.2, 0) is 16.9 Å². The van der Waals surface area contributed by atoms with E-state index in [2.05, 4.69) is 15.6 Å². The molecule has 0 radical (unpaired) electrons. The summed E-state index contributed by atoms with van der Waals surface area (Å²) in [5.41, 5.74) is 3.07. The number of anilines is 2. The summed E-state index contributed by atoms with van der Waals surface area (Å²) in [5, 5.41) is 6.57. The zero-order valence-corrected chi connectivity index (χ0v) is 18.6. The third kappa shape index (κ3) is 4.68. The number of imidazole rings is 1. The minimum Gasteiger partial charge on any atom is -0.489 e. The van der Waals surface area contributed by atoms with Crippen LogP contribution >= 0.6 is 12.2 Å². The average molecular weight is 433 g/mol. The molecule has 0 fully saturated rings. The predicted molar refractivity (Wildman–Crippen MR) is 121 cm³/mol. The zero-order chi connectivity index (χ0) is 21.3. The van der Waals surface area contributed by atoms with Crippen molar-refractivity contribution in [1.29, 1.82) is 0 Å². The van der Waals surface area contributed by atoms with Gasteiger partial charge in [-0.25, -0.2) is 13.4 Å². The number of para-hydroxylation sites is 1. The number of thiocarbonyl (C=S) groups is 1. The van der Waals surface area contributed by atoms with Crippen LogP contribution in [0.1, 0.15) is 19.7 Å². The van der Waals surface area contributed by atoms with Gasteiger partial charge >= 0.3 is 0 Å². The molecule has 3 aromatic rings. The molecule has 0 aliphatic heterocycles. The molecule has 3 rings (SSSR count). The van der Waals surface area contributed by atoms with Crippen LogP contribution in [0.25, 0.3) is 11.0 Å². The number of nitrogens with zero attached hydrogens (tertiary/aromatic N) is 2. The SMILES string of the molecule is Cc1nc2cccc(NC(=S)Nc3cc(S(C)(=O)=O)ccc3OC(C)C)c2n1C. The van der Waals surface area contributed by atoms with Gasteiger partial charge in [0.2, 0.25) is 0 Å². The van der Waals surface area contributed by atoms with Crippen LogP contribution in [0.4, 0.5) is 11.4 Å². The summed E-state index contributed by atoms with van der Waals surface area (Å²) in [6.45, 7) is 5.74. The molecule has 0 amide bonds. The van der Waals surface area contributed by atoms with Gasteiger partial charge < -0.3 is 19.9 Å². The molecule has 0 aliphatic rings. The Bertz CT molecular complexity index is 1180. The number of rotatable bonds is 5. The van der Waals surface area contributed by atoms with Crippen molar-refractivity contribution >= 4 is 49.6 Å². The highest BCUT2D eigenvalue weighted by atomic mass is 32.2. The van der Waals surface area contributed by atoms with E-state index >= 15 is 0 Å². The van der Waals surface area contributed by atoms with Crippen LogP contribution in [0, 0.1) is 6.92 Å². The second-order valence-corrected chi connectivity index (χ2v) is 9.49. The molecule has 7 nitrogen and oxygen atoms in total. The van der Waals surface area contributed by atoms with Crippen LogP contribution < -0.4 is 15.4 Å². The molecule has 1 heterocycles. The van der Waals surface area contributed by atoms with Crippen LogP contribution in [0.3, 0.4) is 0 Å². The van der Waals surface area contributed by atoms with Gasteiger partial charge in [-0.3, -0.25) is 0 Å². The highest BCUT2D eigenvalue weighted by Crippen LogP contribution is 2.30. The van der Waals surface area contributed by atoms with E-state index in [1.807, 2.05) is 50.6 Å². The fourth-order valence-corrected chi connectivity index (χ4v) is 3.82. The lowest BCUT2D eigenvalue weighted by molar-refractivity contribution is 0.243. The maximum Gasteiger partial charge on any atom is 0.175 e. The van der Waals surface area contributed by atoms with Crippen LogP contribution in [0.15, 0.2) is 41.3 Å². The van der Waals surface area contributed by atoms with Gasteiger partial charge in [0, 0.05) is 13.3 Å². The van der Waals surface area contributed by atoms with Crippen molar-refractivity contribution < 1.29 is 13.2 Å². The molecule has 0 bridgehead atoms. The van der Waals surface area contributed by atoms with Gasteiger partial charge in [0.1, 0.15) is 11.6 Å². The van der Waals surface area contributed by atoms with E-state index in [0.717, 1.165) is 28.8 Å². The van der Waals surface area contributed by atoms with Crippen LogP contribution in [0.5, 0.6) is 5.75 Å². The standard InChI is InChI=1S/C20H24N4O3S2/c1-12(2)27-18-10-9-14(29(5,25)26)11-17(18)23-20(28)22-16-8-6-7-15-19(16)24(4)13(3)21-15/h6-12H,1-5H3,(H2,22,23,28). The molecule has 154 valence electrons. The normalized spacial score (nSPS) is 11.7. The van der Waals surface area contributed by atoms with Gasteiger partial charge in [-0.1, -0.05) is 6.07 Å². The third-order valence-electron chi connectivity index (χ3n) is 4.36. The van der Waals surface area contributed by atoms with Crippen LogP contribution in [-0.4, -0.2) is 35.4 Å². The quantitative estimate of drug-likeness (QED) is 0.592. The number of aromatic nitrogens is 2. The summed E-state index contributed by atoms with van der Waals surface area (Å²) in [4.78, 5) is 4.71. The lowest BCUT2D eigenvalue weighted by atomic mass is 10.2. The molecular formula is C20H24N4O3S2. The van der Waals surface area contributed by atoms with Gasteiger partial charge in [-0.2, -0.15) is 0 Å². The van der Waals surface area contributed by atoms with Gasteiger partial charge in [-0.15, -0.1) is 0 Å². The molecule has 0 atom stereocenters. The summed E-state index contributed by atoms with van der Waals surface area (Å²) in [5.74, 6) is 1.41. The minimum atomic E-state index is -3.37. The largest absolute Gasteiger partial charge is 0.489 e. The first-order chi connectivity index (χ1) is 13.6. The van der Waals surface area contributed by atoms with Crippen LogP contribution in [0.2, 0.25) is 0 Å². The van der Waals surface area contributed by atoms with E-state index in [9.17, 15) is 8.42 Å². The number of ether oxygens (including phenoxy) is 1. The Kier molecular flexibility index (Phi) is 5.81. The maximum atomic E-state index is 12.0. The second kappa shape index (κ2) is 8.00. The number of fused-ring (bicyclic) bond motifs is 1. The number of aryl methyl sites for hydroxylation is 2. The highest BCUT2D eigenvalue weighted by molar-refractivity contribution is 7.90. The molecule has 0 unspecified atom stereocenters. The Labute approximate surface area is 176 Å². The highest BCUT2D eigenvalue weighted by Gasteiger charge is 2.15. The third-order valence-corrected chi connectivity index (χ3v) is 5.67. The molecule has 9 heteroatoms. The summed E-state index contributed by atoms with van der Waals surface area (Å²) in [7, 11) is -1.43. The first-order valence-electron chi connectivity index (χ1n) is 9.07. The van der Waals surface area contributed by atoms with Crippen molar-refractivity contribution in [2.45, 2.75) is 31.8 Å². The van der Waals surface area contributed by atoms with E-state index in [0.29, 0.717) is 16.5 Å². The minimum absolute atomic E-state index is 0.0765. The lowest BCUT2D eigenvalue weighted by Gasteiger charge is -2.18. The molecule has 2 N–H and O–H groups in total. The number of hydrogen-bond donors (Lipinski definition) is 2. The lowest BCUT2D eigenvalue weighted by Crippen LogP contribution is -2.21. The average Bonchev–Trinajstić information content (AvgIpc) is 2.90. The van der Waals surface area contributed by atoms with Crippen molar-refractivity contribution in [3.8, 4) is 5.75 Å². The fourth-order valence-electron chi connectivity index (χ4n) is 2.96. The van der Waals surface area contributed by atoms with Crippen molar-refractivity contribution in [3.63, 3.8) is 0 Å². The Morgan fingerprint density at radius 3 is 2.52 bits per heavy atom. The first kappa shape index (κ1) is 21.1. The summed E-state index contributed by atoms with van der Waals surface area (Å²) < 4.78 is 31.7. The van der Waals surface area contributed by atoms with Gasteiger partial charge in [0.25, 0.3) is 0 Å². The molecule has 2 aromatic carbocycles. The molecule has 0 saturated heterocycles. The second-order valence-electron chi connectivity index (χ2n) is 7.07. The Hall–Kier alpha value is -2.65. The maximum absolute atomic E-state index is 12.0. The number of sulfone groups is 1. The molecule has 0 spiro atoms. The Morgan fingerprint density at radius 2 is 1.86 bits per heavy atom. The Morgan fingerprint density at radius 1 is 1.17 bits per heavy atom. The zero-order valence-electron chi connectivity index (χ0n) is 17.0. The number of nitrogens with one attached hydrogen (secondary N) is 2. The molecular weight excluding hydrogens is 408 g/mol. The van der Waals surface area contributed by atoms with Crippen molar-refractivity contribution in [1.82, 2.24) is 9.55 Å². The fraction of sp³-hybridized carbons (Fsp3) is 0.300. The Balaban J connectivity index is 1.92. The molecule has 29 heavy (non-hydrogen) atoms. The van der Waals surface area contributed by atoms with Gasteiger partial charge in [-0.05, 0) is 63.3 Å². The van der Waals surface area contributed by atoms with E-state index < -0.39 is 9.84 Å². The van der Waals surface area contributed by atoms with E-state index in [1.54, 1.807) is 6.07 Å². The van der Waals surface area contributed by atoms with Crippen molar-refractivity contribution in [2.24, 2.45) is 7.05 Å². The van der Waals surface area contributed by atoms with Crippen molar-refractivity contribution in [2.75, 3.05) is 16.9 Å². The summed E-state index contributed by atoms with van der Waals surface area (Å²) >= 11 is 5.48. The molecule has 0 saturated carbocycles. The van der Waals surface area contributed by atoms with E-state index in [1.165, 1.54) is 12.1 Å². The smallest absolute Gasteiger partial charge is 0.175 e. The number of benzene rings is 2. The first-order valence-corrected chi connectivity index (χ1v) is 11.4. The van der Waals surface area contributed by atoms with E-state index in [-0.39, 0.29) is 11.0 Å². The summed E-state index contributed by atoms with van der Waals surface area (Å²) in [6.07, 6.45) is 1.09. The van der Waals surface area contributed by atoms with Gasteiger partial charge in [0.15, 0.2) is 14.9 Å². The topological polar surface area (TPSA) is 85.2 Å². The predicted octanol–water partition coefficient (Wildman–Crippen LogP) is 3.88. The summed E-state index contributed by atoms with van der Waals surface area (Å²) in [6, 6.07) is 10.4. The van der Waals surface area contributed by atoms with Gasteiger partial charge in [0.05, 0.1) is 33.4 Å². The number of hydrogen-bond acceptors (Lipinski definition) is 5. The van der Waals surface area contributed by atoms with Crippen molar-refractivity contribution in [3.05, 3.63) is 42.2 Å². The van der Waals surface area contributed by atoms with E-state index in [4.69, 9.17) is 17.0 Å². The monoisotopic (exact) mass is 432 g/mol. The molecule has 0 aliphatic carbocycles. The molecule has 1 aromatic heterocycles.